The molecule has 2 aliphatic rings. The Morgan fingerprint density at radius 2 is 2.00 bits per heavy atom. The number of imidazole rings is 1. The number of aryl methyl sites for hydroxylation is 2. The summed E-state index contributed by atoms with van der Waals surface area (Å²) in [6.45, 7) is 9.98. The number of hydrogen-bond donors (Lipinski definition) is 1. The first-order valence-electron chi connectivity index (χ1n) is 10.9. The molecule has 160 valence electrons. The highest BCUT2D eigenvalue weighted by Crippen LogP contribution is 2.35. The number of hydrogen-bond acceptors (Lipinski definition) is 5. The molecule has 0 radical (unpaired) electrons. The lowest BCUT2D eigenvalue weighted by Gasteiger charge is -2.20. The molecule has 0 aliphatic carbocycles. The number of fused-ring (bicyclic) bond motifs is 1. The highest BCUT2D eigenvalue weighted by Gasteiger charge is 2.32. The van der Waals surface area contributed by atoms with Gasteiger partial charge in [0.05, 0.1) is 22.8 Å². The van der Waals surface area contributed by atoms with Crippen LogP contribution in [0.5, 0.6) is 0 Å². The van der Waals surface area contributed by atoms with E-state index < -0.39 is 0 Å². The minimum Gasteiger partial charge on any atom is -0.361 e. The van der Waals surface area contributed by atoms with Crippen LogP contribution in [-0.2, 0) is 4.79 Å². The normalized spacial score (nSPS) is 21.7. The van der Waals surface area contributed by atoms with Crippen molar-refractivity contribution >= 4 is 16.9 Å². The topological polar surface area (TPSA) is 76.2 Å². The van der Waals surface area contributed by atoms with E-state index in [0.29, 0.717) is 12.5 Å². The fraction of sp³-hybridized carbons (Fsp3) is 0.522. The molecular weight excluding hydrogens is 378 g/mol. The van der Waals surface area contributed by atoms with Gasteiger partial charge in [-0.05, 0) is 58.0 Å². The zero-order valence-corrected chi connectivity index (χ0v) is 18.5. The second-order valence-electron chi connectivity index (χ2n) is 8.11. The second kappa shape index (κ2) is 8.22. The van der Waals surface area contributed by atoms with Crippen molar-refractivity contribution < 1.29 is 9.32 Å². The third-order valence-electron chi connectivity index (χ3n) is 6.08. The van der Waals surface area contributed by atoms with Crippen LogP contribution in [-0.4, -0.2) is 45.7 Å². The molecule has 0 saturated carbocycles. The molecule has 1 amide bonds. The Morgan fingerprint density at radius 3 is 2.60 bits per heavy atom. The van der Waals surface area contributed by atoms with Crippen molar-refractivity contribution in [3.63, 3.8) is 0 Å². The first kappa shape index (κ1) is 20.6. The number of aromatic nitrogens is 3. The fourth-order valence-corrected chi connectivity index (χ4v) is 4.73. The van der Waals surface area contributed by atoms with Gasteiger partial charge in [0.2, 0.25) is 5.91 Å². The van der Waals surface area contributed by atoms with E-state index in [9.17, 15) is 4.79 Å². The molecule has 3 aromatic rings. The van der Waals surface area contributed by atoms with E-state index in [-0.39, 0.29) is 11.9 Å². The number of nitrogens with one attached hydrogen (secondary N) is 1. The summed E-state index contributed by atoms with van der Waals surface area (Å²) in [5.74, 6) is 1.91. The predicted octanol–water partition coefficient (Wildman–Crippen LogP) is 4.16. The summed E-state index contributed by atoms with van der Waals surface area (Å²) in [6.07, 6.45) is 2.48. The molecule has 5 rings (SSSR count). The molecule has 0 bridgehead atoms. The van der Waals surface area contributed by atoms with Crippen LogP contribution in [0.4, 0.5) is 0 Å². The quantitative estimate of drug-likeness (QED) is 0.703. The number of likely N-dealkylation sites (N-methyl/N-ethyl adjacent to an activating group) is 1. The van der Waals surface area contributed by atoms with Crippen molar-refractivity contribution in [1.29, 1.82) is 0 Å². The molecule has 4 heterocycles. The molecule has 1 N–H and O–H groups in total. The Labute approximate surface area is 177 Å². The number of carbonyl (C=O) groups is 1. The lowest BCUT2D eigenvalue weighted by Crippen LogP contribution is -2.24. The monoisotopic (exact) mass is 409 g/mol. The Balaban J connectivity index is 0.00000106. The summed E-state index contributed by atoms with van der Waals surface area (Å²) in [5.41, 5.74) is 5.08. The van der Waals surface area contributed by atoms with E-state index in [1.807, 2.05) is 27.7 Å². The summed E-state index contributed by atoms with van der Waals surface area (Å²) in [7, 11) is 2.16. The predicted molar refractivity (Wildman–Crippen MR) is 117 cm³/mol. The van der Waals surface area contributed by atoms with E-state index in [1.54, 1.807) is 0 Å². The van der Waals surface area contributed by atoms with Gasteiger partial charge >= 0.3 is 0 Å². The van der Waals surface area contributed by atoms with Gasteiger partial charge in [0, 0.05) is 24.6 Å². The zero-order chi connectivity index (χ0) is 21.4. The van der Waals surface area contributed by atoms with Crippen LogP contribution in [0.2, 0.25) is 0 Å². The number of amides is 1. The summed E-state index contributed by atoms with van der Waals surface area (Å²) in [4.78, 5) is 19.2. The SMILES string of the molecule is CC.Cc1noc(C)c1-c1ccc2c(c1)nc([C@@H]1CCC(=O)N1)n2C1CCN(C)C1. The molecule has 2 atom stereocenters. The smallest absolute Gasteiger partial charge is 0.220 e. The summed E-state index contributed by atoms with van der Waals surface area (Å²) >= 11 is 0. The van der Waals surface area contributed by atoms with Crippen LogP contribution in [0, 0.1) is 13.8 Å². The highest BCUT2D eigenvalue weighted by atomic mass is 16.5. The standard InChI is InChI=1S/C21H25N5O2.C2H6/c1-12-20(13(2)28-24-12)14-4-6-18-17(10-14)23-21(16-5-7-19(27)22-16)26(18)15-8-9-25(3)11-15;1-2/h4,6,10,15-16H,5,7-9,11H2,1-3H3,(H,22,27);1-2H3/t15?,16-;/m0./s1. The van der Waals surface area contributed by atoms with Crippen molar-refractivity contribution in [1.82, 2.24) is 24.9 Å². The molecule has 2 saturated heterocycles. The number of carbonyl (C=O) groups excluding carboxylic acids is 1. The number of nitrogens with zero attached hydrogens (tertiary/aromatic N) is 4. The summed E-state index contributed by atoms with van der Waals surface area (Å²) in [5, 5.41) is 7.19. The van der Waals surface area contributed by atoms with Crippen molar-refractivity contribution in [3.05, 3.63) is 35.5 Å². The molecule has 2 aromatic heterocycles. The molecule has 7 nitrogen and oxygen atoms in total. The minimum atomic E-state index is -0.00618. The fourth-order valence-electron chi connectivity index (χ4n) is 4.73. The van der Waals surface area contributed by atoms with E-state index in [4.69, 9.17) is 9.51 Å². The maximum Gasteiger partial charge on any atom is 0.220 e. The Hall–Kier alpha value is -2.67. The van der Waals surface area contributed by atoms with Gasteiger partial charge in [-0.1, -0.05) is 25.1 Å². The van der Waals surface area contributed by atoms with Crippen molar-refractivity contribution in [2.45, 2.75) is 59.0 Å². The lowest BCUT2D eigenvalue weighted by molar-refractivity contribution is -0.119. The van der Waals surface area contributed by atoms with Crippen LogP contribution >= 0.6 is 0 Å². The lowest BCUT2D eigenvalue weighted by atomic mass is 10.0. The molecule has 1 unspecified atom stereocenters. The molecule has 2 aliphatic heterocycles. The maximum atomic E-state index is 11.8. The minimum absolute atomic E-state index is 0.00618. The van der Waals surface area contributed by atoms with E-state index in [1.165, 1.54) is 0 Å². The van der Waals surface area contributed by atoms with Crippen molar-refractivity contribution in [2.24, 2.45) is 0 Å². The molecular formula is C23H31N5O2. The first-order chi connectivity index (χ1) is 14.5. The van der Waals surface area contributed by atoms with Crippen molar-refractivity contribution in [3.8, 4) is 11.1 Å². The van der Waals surface area contributed by atoms with Gasteiger partial charge < -0.3 is 19.3 Å². The molecule has 30 heavy (non-hydrogen) atoms. The van der Waals surface area contributed by atoms with Crippen LogP contribution in [0.3, 0.4) is 0 Å². The largest absolute Gasteiger partial charge is 0.361 e. The molecule has 7 heteroatoms. The van der Waals surface area contributed by atoms with E-state index in [0.717, 1.165) is 65.4 Å². The van der Waals surface area contributed by atoms with Crippen LogP contribution in [0.25, 0.3) is 22.2 Å². The number of benzene rings is 1. The average molecular weight is 410 g/mol. The summed E-state index contributed by atoms with van der Waals surface area (Å²) < 4.78 is 7.72. The number of likely N-dealkylation sites (tertiary alicyclic amines) is 1. The zero-order valence-electron chi connectivity index (χ0n) is 18.5. The average Bonchev–Trinajstić information content (AvgIpc) is 3.50. The molecule has 2 fully saturated rings. The third kappa shape index (κ3) is 3.51. The number of rotatable bonds is 3. The highest BCUT2D eigenvalue weighted by molar-refractivity contribution is 5.84. The molecule has 0 spiro atoms. The van der Waals surface area contributed by atoms with Gasteiger partial charge in [-0.2, -0.15) is 0 Å². The van der Waals surface area contributed by atoms with Crippen molar-refractivity contribution in [2.75, 3.05) is 20.1 Å². The Bertz CT molecular complexity index is 1050. The van der Waals surface area contributed by atoms with Gasteiger partial charge in [0.15, 0.2) is 0 Å². The van der Waals surface area contributed by atoms with Gasteiger partial charge in [-0.3, -0.25) is 4.79 Å². The van der Waals surface area contributed by atoms with Gasteiger partial charge in [0.25, 0.3) is 0 Å². The maximum absolute atomic E-state index is 11.8. The Morgan fingerprint density at radius 1 is 1.20 bits per heavy atom. The summed E-state index contributed by atoms with van der Waals surface area (Å²) in [6, 6.07) is 6.78. The van der Waals surface area contributed by atoms with Crippen LogP contribution < -0.4 is 5.32 Å². The van der Waals surface area contributed by atoms with E-state index >= 15 is 0 Å². The molecule has 1 aromatic carbocycles. The van der Waals surface area contributed by atoms with Gasteiger partial charge in [-0.15, -0.1) is 0 Å². The van der Waals surface area contributed by atoms with Gasteiger partial charge in [-0.25, -0.2) is 4.98 Å². The van der Waals surface area contributed by atoms with Gasteiger partial charge in [0.1, 0.15) is 11.6 Å². The third-order valence-corrected chi connectivity index (χ3v) is 6.08. The van der Waals surface area contributed by atoms with Crippen LogP contribution in [0.15, 0.2) is 22.7 Å². The van der Waals surface area contributed by atoms with E-state index in [2.05, 4.69) is 45.2 Å². The Kier molecular flexibility index (Phi) is 5.64. The first-order valence-corrected chi connectivity index (χ1v) is 10.9. The van der Waals surface area contributed by atoms with Crippen LogP contribution in [0.1, 0.15) is 62.5 Å². The second-order valence-corrected chi connectivity index (χ2v) is 8.11.